The van der Waals surface area contributed by atoms with Gasteiger partial charge in [0.1, 0.15) is 0 Å². The Hall–Kier alpha value is -0.570. The van der Waals surface area contributed by atoms with Crippen molar-refractivity contribution < 1.29 is 5.11 Å². The van der Waals surface area contributed by atoms with Gasteiger partial charge in [-0.1, -0.05) is 31.5 Å². The number of nitrogens with two attached hydrogens (primary N) is 1. The second-order valence-electron chi connectivity index (χ2n) is 4.19. The molecular weight excluding hydrogens is 222 g/mol. The van der Waals surface area contributed by atoms with Crippen LogP contribution in [0.1, 0.15) is 42.5 Å². The molecule has 2 nitrogen and oxygen atoms in total. The average molecular weight is 244 g/mol. The zero-order chi connectivity index (χ0) is 11.4. The summed E-state index contributed by atoms with van der Waals surface area (Å²) in [6.45, 7) is 6.14. The van der Waals surface area contributed by atoms with E-state index >= 15 is 0 Å². The molecule has 1 aromatic carbocycles. The molecule has 0 saturated heterocycles. The second-order valence-corrected chi connectivity index (χ2v) is 4.19. The molecule has 0 fully saturated rings. The summed E-state index contributed by atoms with van der Waals surface area (Å²) < 4.78 is 0. The maximum Gasteiger partial charge on any atom is 0.0732 e. The molecule has 92 valence electrons. The van der Waals surface area contributed by atoms with E-state index in [1.807, 2.05) is 32.0 Å². The predicted molar refractivity (Wildman–Crippen MR) is 71.0 cm³/mol. The maximum absolute atomic E-state index is 9.90. The minimum absolute atomic E-state index is 0. The van der Waals surface area contributed by atoms with E-state index in [4.69, 9.17) is 5.73 Å². The van der Waals surface area contributed by atoms with Crippen LogP contribution in [0.2, 0.25) is 0 Å². The zero-order valence-corrected chi connectivity index (χ0v) is 11.1. The van der Waals surface area contributed by atoms with Gasteiger partial charge in [0, 0.05) is 0 Å². The number of halogens is 1. The molecule has 1 aromatic rings. The largest absolute Gasteiger partial charge is 0.391 e. The normalized spacial score (nSPS) is 14.1. The molecule has 2 atom stereocenters. The summed E-state index contributed by atoms with van der Waals surface area (Å²) >= 11 is 0. The molecule has 1 rings (SSSR count). The van der Waals surface area contributed by atoms with E-state index in [9.17, 15) is 5.11 Å². The van der Waals surface area contributed by atoms with Crippen LogP contribution in [0.3, 0.4) is 0 Å². The third-order valence-corrected chi connectivity index (χ3v) is 2.87. The fourth-order valence-corrected chi connectivity index (χ4v) is 2.02. The van der Waals surface area contributed by atoms with Crippen LogP contribution in [0.4, 0.5) is 0 Å². The van der Waals surface area contributed by atoms with Gasteiger partial charge in [0.15, 0.2) is 0 Å². The first-order valence-electron chi connectivity index (χ1n) is 5.57. The predicted octanol–water partition coefficient (Wildman–Crippen LogP) is 2.89. The van der Waals surface area contributed by atoms with Crippen molar-refractivity contribution in [2.45, 2.75) is 45.8 Å². The highest BCUT2D eigenvalue weighted by atomic mass is 35.5. The van der Waals surface area contributed by atoms with Crippen molar-refractivity contribution >= 4 is 12.4 Å². The topological polar surface area (TPSA) is 46.2 Å². The lowest BCUT2D eigenvalue weighted by atomic mass is 9.92. The highest BCUT2D eigenvalue weighted by Gasteiger charge is 2.19. The molecule has 0 spiro atoms. The summed E-state index contributed by atoms with van der Waals surface area (Å²) in [6, 6.07) is 5.85. The molecule has 0 aliphatic carbocycles. The Kier molecular flexibility index (Phi) is 6.65. The highest BCUT2D eigenvalue weighted by Crippen LogP contribution is 2.24. The third-order valence-electron chi connectivity index (χ3n) is 2.87. The number of aliphatic hydroxyl groups excluding tert-OH is 1. The number of rotatable bonds is 4. The van der Waals surface area contributed by atoms with Gasteiger partial charge in [0.05, 0.1) is 12.1 Å². The smallest absolute Gasteiger partial charge is 0.0732 e. The molecule has 3 N–H and O–H groups in total. The van der Waals surface area contributed by atoms with Gasteiger partial charge >= 0.3 is 0 Å². The molecule has 0 bridgehead atoms. The Morgan fingerprint density at radius 2 is 1.75 bits per heavy atom. The fourth-order valence-electron chi connectivity index (χ4n) is 2.02. The standard InChI is InChI=1S/C13H21NO.ClH/c1-4-6-11(15)13(14)12-9(2)7-5-8-10(12)3;/h5,7-8,11,13,15H,4,6,14H2,1-3H3;1H/t11-,13-;/m1./s1. The van der Waals surface area contributed by atoms with Crippen molar-refractivity contribution in [1.82, 2.24) is 0 Å². The van der Waals surface area contributed by atoms with Crippen molar-refractivity contribution in [3.63, 3.8) is 0 Å². The minimum Gasteiger partial charge on any atom is -0.391 e. The van der Waals surface area contributed by atoms with E-state index in [1.54, 1.807) is 0 Å². The summed E-state index contributed by atoms with van der Waals surface area (Å²) in [7, 11) is 0. The van der Waals surface area contributed by atoms with Gasteiger partial charge in [-0.25, -0.2) is 0 Å². The van der Waals surface area contributed by atoms with Crippen LogP contribution in [0, 0.1) is 13.8 Å². The molecule has 0 aliphatic heterocycles. The Morgan fingerprint density at radius 1 is 1.25 bits per heavy atom. The molecular formula is C13H22ClNO. The molecule has 0 saturated carbocycles. The third kappa shape index (κ3) is 3.48. The Balaban J connectivity index is 0.00000225. The molecule has 0 aliphatic rings. The number of benzene rings is 1. The summed E-state index contributed by atoms with van der Waals surface area (Å²) in [4.78, 5) is 0. The molecule has 0 heterocycles. The van der Waals surface area contributed by atoms with Crippen LogP contribution in [0.15, 0.2) is 18.2 Å². The van der Waals surface area contributed by atoms with E-state index < -0.39 is 6.10 Å². The molecule has 0 amide bonds. The second kappa shape index (κ2) is 6.89. The first-order chi connectivity index (χ1) is 7.07. The van der Waals surface area contributed by atoms with Crippen LogP contribution < -0.4 is 5.73 Å². The number of aliphatic hydroxyl groups is 1. The van der Waals surface area contributed by atoms with Gasteiger partial charge in [0.25, 0.3) is 0 Å². The van der Waals surface area contributed by atoms with Gasteiger partial charge in [-0.3, -0.25) is 0 Å². The zero-order valence-electron chi connectivity index (χ0n) is 10.2. The summed E-state index contributed by atoms with van der Waals surface area (Å²) in [5.41, 5.74) is 9.50. The van der Waals surface area contributed by atoms with Gasteiger partial charge in [0.2, 0.25) is 0 Å². The van der Waals surface area contributed by atoms with Crippen LogP contribution in [-0.4, -0.2) is 11.2 Å². The van der Waals surface area contributed by atoms with Gasteiger partial charge in [-0.15, -0.1) is 12.4 Å². The van der Waals surface area contributed by atoms with Crippen molar-refractivity contribution in [1.29, 1.82) is 0 Å². The minimum atomic E-state index is -0.435. The Bertz CT molecular complexity index is 307. The number of aryl methyl sites for hydroxylation is 2. The Labute approximate surface area is 104 Å². The van der Waals surface area contributed by atoms with E-state index in [0.717, 1.165) is 29.5 Å². The molecule has 0 aromatic heterocycles. The summed E-state index contributed by atoms with van der Waals surface area (Å²) in [6.07, 6.45) is 1.28. The summed E-state index contributed by atoms with van der Waals surface area (Å²) in [5.74, 6) is 0. The first-order valence-corrected chi connectivity index (χ1v) is 5.57. The lowest BCUT2D eigenvalue weighted by Crippen LogP contribution is -2.27. The van der Waals surface area contributed by atoms with Crippen LogP contribution in [0.25, 0.3) is 0 Å². The monoisotopic (exact) mass is 243 g/mol. The van der Waals surface area contributed by atoms with Crippen LogP contribution in [0.5, 0.6) is 0 Å². The quantitative estimate of drug-likeness (QED) is 0.854. The molecule has 3 heteroatoms. The van der Waals surface area contributed by atoms with Gasteiger partial charge in [-0.05, 0) is 37.0 Å². The van der Waals surface area contributed by atoms with E-state index in [-0.39, 0.29) is 18.4 Å². The van der Waals surface area contributed by atoms with Crippen molar-refractivity contribution in [3.8, 4) is 0 Å². The van der Waals surface area contributed by atoms with E-state index in [2.05, 4.69) is 6.92 Å². The van der Waals surface area contributed by atoms with E-state index in [1.165, 1.54) is 0 Å². The van der Waals surface area contributed by atoms with Crippen LogP contribution >= 0.6 is 12.4 Å². The lowest BCUT2D eigenvalue weighted by Gasteiger charge is -2.22. The van der Waals surface area contributed by atoms with E-state index in [0.29, 0.717) is 0 Å². The Morgan fingerprint density at radius 3 is 2.19 bits per heavy atom. The highest BCUT2D eigenvalue weighted by molar-refractivity contribution is 5.85. The van der Waals surface area contributed by atoms with Crippen molar-refractivity contribution in [2.24, 2.45) is 5.73 Å². The van der Waals surface area contributed by atoms with Crippen LogP contribution in [-0.2, 0) is 0 Å². The average Bonchev–Trinajstić information content (AvgIpc) is 2.17. The number of hydrogen-bond donors (Lipinski definition) is 2. The van der Waals surface area contributed by atoms with Gasteiger partial charge in [-0.2, -0.15) is 0 Å². The summed E-state index contributed by atoms with van der Waals surface area (Å²) in [5, 5.41) is 9.90. The first kappa shape index (κ1) is 15.4. The van der Waals surface area contributed by atoms with Gasteiger partial charge < -0.3 is 10.8 Å². The molecule has 16 heavy (non-hydrogen) atoms. The maximum atomic E-state index is 9.90. The fraction of sp³-hybridized carbons (Fsp3) is 0.538. The lowest BCUT2D eigenvalue weighted by molar-refractivity contribution is 0.134. The molecule has 0 radical (unpaired) electrons. The SMILES string of the molecule is CCC[C@@H](O)[C@@H](N)c1c(C)cccc1C.Cl. The van der Waals surface area contributed by atoms with Crippen molar-refractivity contribution in [3.05, 3.63) is 34.9 Å². The molecule has 0 unspecified atom stereocenters. The number of hydrogen-bond acceptors (Lipinski definition) is 2. The van der Waals surface area contributed by atoms with Crippen molar-refractivity contribution in [2.75, 3.05) is 0 Å².